The minimum atomic E-state index is 0.138. The number of hydrogen-bond donors (Lipinski definition) is 1. The van der Waals surface area contributed by atoms with Gasteiger partial charge >= 0.3 is 0 Å². The molecule has 1 heterocycles. The summed E-state index contributed by atoms with van der Waals surface area (Å²) in [6, 6.07) is 23.0. The summed E-state index contributed by atoms with van der Waals surface area (Å²) in [5.41, 5.74) is 4.23. The van der Waals surface area contributed by atoms with Crippen molar-refractivity contribution >= 4 is 0 Å². The van der Waals surface area contributed by atoms with Crippen molar-refractivity contribution in [2.75, 3.05) is 28.1 Å². The molecule has 0 amide bonds. The first-order chi connectivity index (χ1) is 19.0. The van der Waals surface area contributed by atoms with Gasteiger partial charge in [-0.15, -0.1) is 0 Å². The number of aromatic hydroxyl groups is 1. The Morgan fingerprint density at radius 2 is 1.36 bits per heavy atom. The van der Waals surface area contributed by atoms with Gasteiger partial charge in [-0.25, -0.2) is 0 Å². The first-order valence-electron chi connectivity index (χ1n) is 12.8. The van der Waals surface area contributed by atoms with Crippen molar-refractivity contribution in [1.29, 1.82) is 0 Å². The molecule has 4 aromatic rings. The number of fused-ring (bicyclic) bond motifs is 1. The largest absolute Gasteiger partial charge is 0.508 e. The van der Waals surface area contributed by atoms with Crippen LogP contribution in [0.25, 0.3) is 0 Å². The third kappa shape index (κ3) is 6.32. The molecule has 1 aliphatic heterocycles. The van der Waals surface area contributed by atoms with Gasteiger partial charge in [0, 0.05) is 12.1 Å². The molecule has 0 atom stereocenters. The average molecular weight is 529 g/mol. The molecule has 7 nitrogen and oxygen atoms in total. The van der Waals surface area contributed by atoms with Crippen LogP contribution in [0.3, 0.4) is 0 Å². The van der Waals surface area contributed by atoms with Crippen molar-refractivity contribution in [2.24, 2.45) is 0 Å². The van der Waals surface area contributed by atoms with Gasteiger partial charge in [-0.05, 0) is 90.4 Å². The van der Waals surface area contributed by atoms with Crippen molar-refractivity contribution in [3.8, 4) is 46.0 Å². The molecule has 0 aliphatic carbocycles. The van der Waals surface area contributed by atoms with Crippen LogP contribution in [0, 0.1) is 0 Å². The fourth-order valence-electron chi connectivity index (χ4n) is 4.67. The number of benzene rings is 4. The van der Waals surface area contributed by atoms with E-state index >= 15 is 0 Å². The van der Waals surface area contributed by atoms with Gasteiger partial charge in [0.25, 0.3) is 0 Å². The van der Waals surface area contributed by atoms with E-state index in [2.05, 4.69) is 6.07 Å². The monoisotopic (exact) mass is 528 g/mol. The molecule has 0 saturated carbocycles. The average Bonchev–Trinajstić information content (AvgIpc) is 3.43. The molecule has 7 heteroatoms. The van der Waals surface area contributed by atoms with Crippen molar-refractivity contribution in [2.45, 2.75) is 25.7 Å². The zero-order valence-electron chi connectivity index (χ0n) is 22.4. The maximum Gasteiger partial charge on any atom is 0.231 e. The van der Waals surface area contributed by atoms with E-state index < -0.39 is 0 Å². The number of methoxy groups -OCH3 is 3. The highest BCUT2D eigenvalue weighted by atomic mass is 16.7. The molecule has 0 bridgehead atoms. The Morgan fingerprint density at radius 3 is 2.18 bits per heavy atom. The van der Waals surface area contributed by atoms with Crippen LogP contribution in [0.1, 0.15) is 22.3 Å². The number of hydrogen-bond acceptors (Lipinski definition) is 7. The summed E-state index contributed by atoms with van der Waals surface area (Å²) in [6.07, 6.45) is 3.03. The number of phenols is 1. The van der Waals surface area contributed by atoms with Crippen molar-refractivity contribution in [3.05, 3.63) is 95.1 Å². The summed E-state index contributed by atoms with van der Waals surface area (Å²) in [6.45, 7) is 0.254. The number of ether oxygens (including phenoxy) is 6. The Hall–Kier alpha value is -4.52. The van der Waals surface area contributed by atoms with Crippen LogP contribution in [0.15, 0.2) is 72.8 Å². The molecule has 0 fully saturated rings. The van der Waals surface area contributed by atoms with E-state index in [1.165, 1.54) is 0 Å². The minimum absolute atomic E-state index is 0.138. The summed E-state index contributed by atoms with van der Waals surface area (Å²) in [7, 11) is 4.90. The van der Waals surface area contributed by atoms with Crippen LogP contribution in [-0.2, 0) is 25.7 Å². The van der Waals surface area contributed by atoms with Gasteiger partial charge in [-0.3, -0.25) is 0 Å². The van der Waals surface area contributed by atoms with E-state index in [1.54, 1.807) is 33.5 Å². The van der Waals surface area contributed by atoms with Crippen LogP contribution < -0.4 is 28.4 Å². The zero-order chi connectivity index (χ0) is 27.2. The van der Waals surface area contributed by atoms with Gasteiger partial charge in [-0.2, -0.15) is 0 Å². The van der Waals surface area contributed by atoms with Gasteiger partial charge in [0.1, 0.15) is 23.0 Å². The van der Waals surface area contributed by atoms with Crippen molar-refractivity contribution in [1.82, 2.24) is 0 Å². The SMILES string of the molecule is COc1cccc(CCc2cc(Oc3cc(O)cc(CCc4ccc5c(c4)OCO5)c3)c(OC)cc2OC)c1. The van der Waals surface area contributed by atoms with Crippen LogP contribution in [0.5, 0.6) is 46.0 Å². The smallest absolute Gasteiger partial charge is 0.231 e. The molecule has 0 spiro atoms. The lowest BCUT2D eigenvalue weighted by Crippen LogP contribution is -1.99. The Balaban J connectivity index is 1.33. The molecule has 0 aromatic heterocycles. The summed E-state index contributed by atoms with van der Waals surface area (Å²) >= 11 is 0. The third-order valence-electron chi connectivity index (χ3n) is 6.70. The molecule has 5 rings (SSSR count). The van der Waals surface area contributed by atoms with Crippen molar-refractivity contribution < 1.29 is 33.5 Å². The molecule has 1 N–H and O–H groups in total. The predicted molar refractivity (Wildman–Crippen MR) is 148 cm³/mol. The molecule has 202 valence electrons. The summed E-state index contributed by atoms with van der Waals surface area (Å²) in [5.74, 6) is 4.84. The van der Waals surface area contributed by atoms with E-state index in [0.717, 1.165) is 70.9 Å². The molecule has 0 saturated heterocycles. The molecule has 0 unspecified atom stereocenters. The quantitative estimate of drug-likeness (QED) is 0.238. The second-order valence-corrected chi connectivity index (χ2v) is 9.29. The first-order valence-corrected chi connectivity index (χ1v) is 12.8. The lowest BCUT2D eigenvalue weighted by Gasteiger charge is -2.16. The van der Waals surface area contributed by atoms with E-state index in [4.69, 9.17) is 28.4 Å². The molecule has 1 aliphatic rings. The van der Waals surface area contributed by atoms with Gasteiger partial charge in [0.05, 0.1) is 21.3 Å². The Morgan fingerprint density at radius 1 is 0.615 bits per heavy atom. The molecular formula is C32H32O7. The second kappa shape index (κ2) is 11.9. The highest BCUT2D eigenvalue weighted by molar-refractivity contribution is 5.53. The van der Waals surface area contributed by atoms with E-state index in [-0.39, 0.29) is 12.5 Å². The molecule has 0 radical (unpaired) electrons. The Kier molecular flexibility index (Phi) is 7.96. The summed E-state index contributed by atoms with van der Waals surface area (Å²) < 4.78 is 33.8. The third-order valence-corrected chi connectivity index (χ3v) is 6.70. The maximum absolute atomic E-state index is 10.4. The summed E-state index contributed by atoms with van der Waals surface area (Å²) in [4.78, 5) is 0. The maximum atomic E-state index is 10.4. The fraction of sp³-hybridized carbons (Fsp3) is 0.250. The first kappa shape index (κ1) is 26.1. The highest BCUT2D eigenvalue weighted by Gasteiger charge is 2.16. The number of aryl methyl sites for hydroxylation is 4. The topological polar surface area (TPSA) is 75.6 Å². The van der Waals surface area contributed by atoms with Gasteiger partial charge < -0.3 is 33.5 Å². The normalized spacial score (nSPS) is 11.8. The lowest BCUT2D eigenvalue weighted by molar-refractivity contribution is 0.174. The van der Waals surface area contributed by atoms with E-state index in [0.29, 0.717) is 17.2 Å². The van der Waals surface area contributed by atoms with Crippen LogP contribution >= 0.6 is 0 Å². The van der Waals surface area contributed by atoms with Gasteiger partial charge in [0.15, 0.2) is 23.0 Å². The zero-order valence-corrected chi connectivity index (χ0v) is 22.4. The Bertz CT molecular complexity index is 1450. The van der Waals surface area contributed by atoms with Gasteiger partial charge in [-0.1, -0.05) is 18.2 Å². The number of phenolic OH excluding ortho intramolecular Hbond substituents is 1. The van der Waals surface area contributed by atoms with Gasteiger partial charge in [0.2, 0.25) is 6.79 Å². The van der Waals surface area contributed by atoms with Crippen LogP contribution in [0.2, 0.25) is 0 Å². The molecular weight excluding hydrogens is 496 g/mol. The van der Waals surface area contributed by atoms with Crippen LogP contribution in [0.4, 0.5) is 0 Å². The van der Waals surface area contributed by atoms with Crippen LogP contribution in [-0.4, -0.2) is 33.2 Å². The minimum Gasteiger partial charge on any atom is -0.508 e. The second-order valence-electron chi connectivity index (χ2n) is 9.29. The van der Waals surface area contributed by atoms with E-state index in [1.807, 2.05) is 54.6 Å². The predicted octanol–water partition coefficient (Wildman–Crippen LogP) is 6.51. The molecule has 4 aromatic carbocycles. The molecule has 39 heavy (non-hydrogen) atoms. The standard InChI is InChI=1S/C32H32O7/c1-34-26-6-4-5-21(14-26)9-11-24-17-32(30(36-3)19-29(24)35-2)39-27-15-23(13-25(33)18-27)8-7-22-10-12-28-31(16-22)38-20-37-28/h4-6,10,12-19,33H,7-9,11,20H2,1-3H3. The highest BCUT2D eigenvalue weighted by Crippen LogP contribution is 2.39. The Labute approximate surface area is 228 Å². The number of rotatable bonds is 11. The fourth-order valence-corrected chi connectivity index (χ4v) is 4.67. The lowest BCUT2D eigenvalue weighted by atomic mass is 10.0. The summed E-state index contributed by atoms with van der Waals surface area (Å²) in [5, 5.41) is 10.4. The van der Waals surface area contributed by atoms with E-state index in [9.17, 15) is 5.11 Å². The van der Waals surface area contributed by atoms with Crippen molar-refractivity contribution in [3.63, 3.8) is 0 Å².